The number of nitrogens with one attached hydrogen (secondary N) is 1. The number of carboxylic acid groups (broad SMARTS) is 1. The van der Waals surface area contributed by atoms with Crippen LogP contribution < -0.4 is 5.32 Å². The Kier molecular flexibility index (Phi) is 5.36. The highest BCUT2D eigenvalue weighted by atomic mass is 16.4. The lowest BCUT2D eigenvalue weighted by atomic mass is 9.82. The molecule has 0 unspecified atom stereocenters. The maximum atomic E-state index is 12.5. The van der Waals surface area contributed by atoms with Crippen molar-refractivity contribution in [1.82, 2.24) is 5.32 Å². The number of carboxylic acids is 1. The first-order valence-electron chi connectivity index (χ1n) is 7.77. The minimum Gasteiger partial charge on any atom is -0.481 e. The number of aryl methyl sites for hydroxylation is 1. The van der Waals surface area contributed by atoms with E-state index in [1.54, 1.807) is 0 Å². The molecule has 0 radical (unpaired) electrons. The Morgan fingerprint density at radius 2 is 1.77 bits per heavy atom. The minimum atomic E-state index is -0.895. The third kappa shape index (κ3) is 3.75. The molecule has 0 saturated heterocycles. The Morgan fingerprint density at radius 3 is 2.32 bits per heavy atom. The third-order valence-corrected chi connectivity index (χ3v) is 4.29. The van der Waals surface area contributed by atoms with E-state index in [-0.39, 0.29) is 11.9 Å². The van der Waals surface area contributed by atoms with E-state index < -0.39 is 17.8 Å². The Hall–Kier alpha value is -2.10. The molecule has 1 aromatic carbocycles. The van der Waals surface area contributed by atoms with Gasteiger partial charge >= 0.3 is 5.97 Å². The smallest absolute Gasteiger partial charge is 0.307 e. The van der Waals surface area contributed by atoms with Gasteiger partial charge in [-0.1, -0.05) is 48.9 Å². The van der Waals surface area contributed by atoms with Crippen LogP contribution in [0.25, 0.3) is 0 Å². The molecule has 1 amide bonds. The molecule has 0 fully saturated rings. The van der Waals surface area contributed by atoms with E-state index in [0.29, 0.717) is 12.8 Å². The quantitative estimate of drug-likeness (QED) is 0.821. The van der Waals surface area contributed by atoms with Crippen molar-refractivity contribution in [2.24, 2.45) is 11.8 Å². The molecule has 22 heavy (non-hydrogen) atoms. The predicted octanol–water partition coefficient (Wildman–Crippen LogP) is 3.23. The molecule has 2 rings (SSSR count). The number of carbonyl (C=O) groups is 2. The highest BCUT2D eigenvalue weighted by Crippen LogP contribution is 2.27. The van der Waals surface area contributed by atoms with Crippen molar-refractivity contribution in [3.05, 3.63) is 47.5 Å². The van der Waals surface area contributed by atoms with E-state index in [1.807, 2.05) is 50.3 Å². The van der Waals surface area contributed by atoms with Crippen molar-refractivity contribution in [2.75, 3.05) is 0 Å². The number of hydrogen-bond donors (Lipinski definition) is 2. The summed E-state index contributed by atoms with van der Waals surface area (Å²) in [6, 6.07) is 7.99. The van der Waals surface area contributed by atoms with Gasteiger partial charge < -0.3 is 10.4 Å². The summed E-state index contributed by atoms with van der Waals surface area (Å²) >= 11 is 0. The highest BCUT2D eigenvalue weighted by Gasteiger charge is 2.34. The molecule has 118 valence electrons. The number of allylic oxidation sites excluding steroid dienone is 2. The first-order chi connectivity index (χ1) is 10.5. The van der Waals surface area contributed by atoms with Gasteiger partial charge in [0, 0.05) is 0 Å². The Bertz CT molecular complexity index is 562. The van der Waals surface area contributed by atoms with E-state index >= 15 is 0 Å². The lowest BCUT2D eigenvalue weighted by molar-refractivity contribution is -0.147. The largest absolute Gasteiger partial charge is 0.481 e. The van der Waals surface area contributed by atoms with Gasteiger partial charge in [0.25, 0.3) is 0 Å². The molecule has 1 aliphatic carbocycles. The van der Waals surface area contributed by atoms with E-state index in [4.69, 9.17) is 0 Å². The van der Waals surface area contributed by atoms with Gasteiger partial charge in [-0.05, 0) is 31.7 Å². The molecule has 3 atom stereocenters. The average molecular weight is 301 g/mol. The molecule has 0 saturated carbocycles. The second-order valence-electron chi connectivity index (χ2n) is 5.87. The summed E-state index contributed by atoms with van der Waals surface area (Å²) in [4.78, 5) is 23.8. The molecule has 0 aromatic heterocycles. The van der Waals surface area contributed by atoms with Crippen LogP contribution in [0.4, 0.5) is 0 Å². The standard InChI is InChI=1S/C18H23NO3/c1-3-16(13-10-8-12(2)9-11-13)19-17(20)14-6-4-5-7-15(14)18(21)22/h4-5,8-11,14-16H,3,6-7H2,1-2H3,(H,19,20)(H,21,22)/t14-,15-,16+/m0/s1. The number of benzene rings is 1. The molecule has 0 bridgehead atoms. The zero-order chi connectivity index (χ0) is 16.1. The highest BCUT2D eigenvalue weighted by molar-refractivity contribution is 5.85. The zero-order valence-electron chi connectivity index (χ0n) is 13.1. The lowest BCUT2D eigenvalue weighted by Gasteiger charge is -2.27. The molecule has 1 aromatic rings. The number of hydrogen-bond acceptors (Lipinski definition) is 2. The topological polar surface area (TPSA) is 66.4 Å². The van der Waals surface area contributed by atoms with Crippen LogP contribution in [0.5, 0.6) is 0 Å². The van der Waals surface area contributed by atoms with Crippen LogP contribution >= 0.6 is 0 Å². The van der Waals surface area contributed by atoms with Gasteiger partial charge in [-0.2, -0.15) is 0 Å². The van der Waals surface area contributed by atoms with Crippen LogP contribution in [0, 0.1) is 18.8 Å². The van der Waals surface area contributed by atoms with Gasteiger partial charge in [-0.25, -0.2) is 0 Å². The molecule has 0 heterocycles. The van der Waals surface area contributed by atoms with Crippen LogP contribution in [-0.4, -0.2) is 17.0 Å². The fourth-order valence-corrected chi connectivity index (χ4v) is 2.88. The predicted molar refractivity (Wildman–Crippen MR) is 85.3 cm³/mol. The Balaban J connectivity index is 2.10. The minimum absolute atomic E-state index is 0.0755. The van der Waals surface area contributed by atoms with Crippen LogP contribution in [0.3, 0.4) is 0 Å². The fraction of sp³-hybridized carbons (Fsp3) is 0.444. The van der Waals surface area contributed by atoms with Gasteiger partial charge in [0.15, 0.2) is 0 Å². The van der Waals surface area contributed by atoms with Gasteiger partial charge in [-0.15, -0.1) is 0 Å². The van der Waals surface area contributed by atoms with Gasteiger partial charge in [0.05, 0.1) is 17.9 Å². The maximum Gasteiger partial charge on any atom is 0.307 e. The summed E-state index contributed by atoms with van der Waals surface area (Å²) in [6.07, 6.45) is 5.44. The number of carbonyl (C=O) groups excluding carboxylic acids is 1. The molecule has 2 N–H and O–H groups in total. The van der Waals surface area contributed by atoms with Crippen LogP contribution in [0.15, 0.2) is 36.4 Å². The number of aliphatic carboxylic acids is 1. The Morgan fingerprint density at radius 1 is 1.18 bits per heavy atom. The molecule has 4 nitrogen and oxygen atoms in total. The molecule has 1 aliphatic rings. The second-order valence-corrected chi connectivity index (χ2v) is 5.87. The second kappa shape index (κ2) is 7.25. The average Bonchev–Trinajstić information content (AvgIpc) is 2.53. The first-order valence-corrected chi connectivity index (χ1v) is 7.77. The van der Waals surface area contributed by atoms with Crippen molar-refractivity contribution < 1.29 is 14.7 Å². The van der Waals surface area contributed by atoms with Gasteiger partial charge in [-0.3, -0.25) is 9.59 Å². The van der Waals surface area contributed by atoms with Crippen LogP contribution in [-0.2, 0) is 9.59 Å². The summed E-state index contributed by atoms with van der Waals surface area (Å²) in [7, 11) is 0. The van der Waals surface area contributed by atoms with Crippen molar-refractivity contribution in [1.29, 1.82) is 0 Å². The summed E-state index contributed by atoms with van der Waals surface area (Å²) in [5.74, 6) is -2.17. The molecular weight excluding hydrogens is 278 g/mol. The van der Waals surface area contributed by atoms with Crippen molar-refractivity contribution >= 4 is 11.9 Å². The van der Waals surface area contributed by atoms with Crippen LogP contribution in [0.2, 0.25) is 0 Å². The van der Waals surface area contributed by atoms with E-state index in [0.717, 1.165) is 12.0 Å². The maximum absolute atomic E-state index is 12.5. The summed E-state index contributed by atoms with van der Waals surface area (Å²) < 4.78 is 0. The molecule has 4 heteroatoms. The van der Waals surface area contributed by atoms with Gasteiger partial charge in [0.2, 0.25) is 5.91 Å². The summed E-state index contributed by atoms with van der Waals surface area (Å²) in [5, 5.41) is 12.3. The lowest BCUT2D eigenvalue weighted by Crippen LogP contribution is -2.40. The fourth-order valence-electron chi connectivity index (χ4n) is 2.88. The third-order valence-electron chi connectivity index (χ3n) is 4.29. The zero-order valence-corrected chi connectivity index (χ0v) is 13.1. The number of amides is 1. The van der Waals surface area contributed by atoms with Crippen molar-refractivity contribution in [3.8, 4) is 0 Å². The first kappa shape index (κ1) is 16.3. The van der Waals surface area contributed by atoms with E-state index in [2.05, 4.69) is 5.32 Å². The van der Waals surface area contributed by atoms with E-state index in [9.17, 15) is 14.7 Å². The molecule has 0 aliphatic heterocycles. The van der Waals surface area contributed by atoms with Crippen molar-refractivity contribution in [2.45, 2.75) is 39.2 Å². The number of rotatable bonds is 5. The van der Waals surface area contributed by atoms with Crippen molar-refractivity contribution in [3.63, 3.8) is 0 Å². The van der Waals surface area contributed by atoms with Crippen LogP contribution in [0.1, 0.15) is 43.4 Å². The summed E-state index contributed by atoms with van der Waals surface area (Å²) in [6.45, 7) is 4.04. The normalized spacial score (nSPS) is 22.1. The molecule has 0 spiro atoms. The summed E-state index contributed by atoms with van der Waals surface area (Å²) in [5.41, 5.74) is 2.23. The molecular formula is C18H23NO3. The van der Waals surface area contributed by atoms with E-state index in [1.165, 1.54) is 5.56 Å². The Labute approximate surface area is 131 Å². The monoisotopic (exact) mass is 301 g/mol. The SMILES string of the molecule is CC[C@@H](NC(=O)[C@H]1CC=CC[C@@H]1C(=O)O)c1ccc(C)cc1. The van der Waals surface area contributed by atoms with Gasteiger partial charge in [0.1, 0.15) is 0 Å².